The minimum atomic E-state index is -0.320. The fourth-order valence-electron chi connectivity index (χ4n) is 3.66. The fourth-order valence-corrected chi connectivity index (χ4v) is 4.26. The Hall–Kier alpha value is -1.53. The standard InChI is InChI=1S/C18H15FIN3OS/c19-14-5-1-4-12-13(14)11-23(18(12)24)15(6-3-9-25-20)16-10-21-17-7-2-8-22(16)17/h1,4-5,10,15H,2,6-8,11H2. The van der Waals surface area contributed by atoms with Gasteiger partial charge in [-0.1, -0.05) is 12.0 Å². The minimum Gasteiger partial charge on any atom is -0.330 e. The Balaban J connectivity index is 1.72. The molecule has 0 bridgehead atoms. The van der Waals surface area contributed by atoms with Crippen LogP contribution < -0.4 is 0 Å². The lowest BCUT2D eigenvalue weighted by Gasteiger charge is -2.27. The van der Waals surface area contributed by atoms with Gasteiger partial charge in [0.1, 0.15) is 11.6 Å². The van der Waals surface area contributed by atoms with Gasteiger partial charge in [0.15, 0.2) is 0 Å². The zero-order valence-corrected chi connectivity index (χ0v) is 16.3. The van der Waals surface area contributed by atoms with E-state index in [9.17, 15) is 9.18 Å². The van der Waals surface area contributed by atoms with Gasteiger partial charge in [-0.25, -0.2) is 9.37 Å². The largest absolute Gasteiger partial charge is 0.330 e. The van der Waals surface area contributed by atoms with Gasteiger partial charge in [0.25, 0.3) is 5.91 Å². The molecule has 0 radical (unpaired) electrons. The normalized spacial score (nSPS) is 16.4. The molecule has 25 heavy (non-hydrogen) atoms. The van der Waals surface area contributed by atoms with Crippen LogP contribution in [0.25, 0.3) is 0 Å². The molecule has 0 saturated carbocycles. The van der Waals surface area contributed by atoms with Crippen molar-refractivity contribution in [2.45, 2.75) is 38.4 Å². The van der Waals surface area contributed by atoms with Crippen molar-refractivity contribution in [2.24, 2.45) is 0 Å². The summed E-state index contributed by atoms with van der Waals surface area (Å²) in [7, 11) is 1.42. The lowest BCUT2D eigenvalue weighted by Crippen LogP contribution is -2.30. The van der Waals surface area contributed by atoms with Crippen LogP contribution in [0.15, 0.2) is 24.4 Å². The van der Waals surface area contributed by atoms with Gasteiger partial charge in [-0.2, -0.15) is 0 Å². The molecule has 2 aliphatic rings. The van der Waals surface area contributed by atoms with Crippen molar-refractivity contribution < 1.29 is 9.18 Å². The third-order valence-corrected chi connectivity index (χ3v) is 5.70. The van der Waals surface area contributed by atoms with Gasteiger partial charge in [0, 0.05) is 51.7 Å². The van der Waals surface area contributed by atoms with E-state index in [1.807, 2.05) is 6.20 Å². The first kappa shape index (κ1) is 16.9. The van der Waals surface area contributed by atoms with Crippen molar-refractivity contribution in [1.82, 2.24) is 14.5 Å². The number of benzene rings is 1. The molecule has 4 rings (SSSR count). The molecule has 128 valence electrons. The van der Waals surface area contributed by atoms with Crippen molar-refractivity contribution >= 4 is 36.0 Å². The van der Waals surface area contributed by atoms with E-state index in [0.717, 1.165) is 30.9 Å². The van der Waals surface area contributed by atoms with Crippen LogP contribution in [0.3, 0.4) is 0 Å². The molecule has 1 unspecified atom stereocenters. The topological polar surface area (TPSA) is 38.1 Å². The van der Waals surface area contributed by atoms with Crippen LogP contribution in [0.4, 0.5) is 4.39 Å². The number of carbonyl (C=O) groups is 1. The molecule has 0 aliphatic carbocycles. The third kappa shape index (κ3) is 2.95. The molecule has 3 heterocycles. The van der Waals surface area contributed by atoms with Crippen molar-refractivity contribution in [3.05, 3.63) is 52.9 Å². The molecule has 1 amide bonds. The number of aryl methyl sites for hydroxylation is 1. The van der Waals surface area contributed by atoms with E-state index in [4.69, 9.17) is 0 Å². The van der Waals surface area contributed by atoms with Gasteiger partial charge in [-0.3, -0.25) is 4.79 Å². The number of hydrogen-bond donors (Lipinski definition) is 0. The van der Waals surface area contributed by atoms with Gasteiger partial charge in [0.2, 0.25) is 0 Å². The smallest absolute Gasteiger partial charge is 0.255 e. The highest BCUT2D eigenvalue weighted by atomic mass is 127. The highest BCUT2D eigenvalue weighted by Crippen LogP contribution is 2.35. The maximum absolute atomic E-state index is 14.1. The zero-order valence-electron chi connectivity index (χ0n) is 13.3. The number of halogens is 2. The minimum absolute atomic E-state index is 0.128. The Bertz CT molecular complexity index is 901. The molecule has 1 aromatic carbocycles. The summed E-state index contributed by atoms with van der Waals surface area (Å²) >= 11 is 2.13. The van der Waals surface area contributed by atoms with Gasteiger partial charge >= 0.3 is 0 Å². The quantitative estimate of drug-likeness (QED) is 0.504. The van der Waals surface area contributed by atoms with E-state index < -0.39 is 0 Å². The average molecular weight is 467 g/mol. The van der Waals surface area contributed by atoms with Crippen LogP contribution in [0, 0.1) is 17.0 Å². The SMILES string of the molecule is O=C1c2cccc(F)c2CN1C(CC#CSI)c1cnc2n1CCC2. The Kier molecular flexibility index (Phi) is 4.73. The van der Waals surface area contributed by atoms with Crippen molar-refractivity contribution in [1.29, 1.82) is 0 Å². The summed E-state index contributed by atoms with van der Waals surface area (Å²) < 4.78 is 16.3. The number of hydrogen-bond acceptors (Lipinski definition) is 3. The second-order valence-corrected chi connectivity index (χ2v) is 7.81. The van der Waals surface area contributed by atoms with Gasteiger partial charge in [0.05, 0.1) is 24.5 Å². The molecule has 0 spiro atoms. The van der Waals surface area contributed by atoms with Crippen molar-refractivity contribution in [2.75, 3.05) is 0 Å². The molecule has 0 saturated heterocycles. The maximum atomic E-state index is 14.1. The third-order valence-electron chi connectivity index (χ3n) is 4.81. The summed E-state index contributed by atoms with van der Waals surface area (Å²) in [6.07, 6.45) is 4.40. The first-order chi connectivity index (χ1) is 12.2. The summed E-state index contributed by atoms with van der Waals surface area (Å²) in [5.41, 5.74) is 1.94. The van der Waals surface area contributed by atoms with E-state index in [1.165, 1.54) is 15.0 Å². The Morgan fingerprint density at radius 3 is 3.12 bits per heavy atom. The summed E-state index contributed by atoms with van der Waals surface area (Å²) in [5.74, 6) is 3.74. The molecular weight excluding hydrogens is 452 g/mol. The predicted molar refractivity (Wildman–Crippen MR) is 104 cm³/mol. The summed E-state index contributed by atoms with van der Waals surface area (Å²) in [4.78, 5) is 19.1. The number of imidazole rings is 1. The van der Waals surface area contributed by atoms with E-state index >= 15 is 0 Å². The fraction of sp³-hybridized carbons (Fsp3) is 0.333. The number of aromatic nitrogens is 2. The van der Waals surface area contributed by atoms with E-state index in [0.29, 0.717) is 17.5 Å². The average Bonchev–Trinajstić information content (AvgIpc) is 3.29. The van der Waals surface area contributed by atoms with Crippen LogP contribution in [0.5, 0.6) is 0 Å². The number of fused-ring (bicyclic) bond motifs is 2. The van der Waals surface area contributed by atoms with E-state index in [-0.39, 0.29) is 24.3 Å². The molecule has 1 atom stereocenters. The molecule has 1 aromatic heterocycles. The van der Waals surface area contributed by atoms with Crippen LogP contribution >= 0.6 is 30.1 Å². The summed E-state index contributed by atoms with van der Waals surface area (Å²) in [6.45, 7) is 1.20. The Labute approximate surface area is 161 Å². The monoisotopic (exact) mass is 467 g/mol. The lowest BCUT2D eigenvalue weighted by atomic mass is 10.1. The Morgan fingerprint density at radius 2 is 2.32 bits per heavy atom. The number of rotatable bonds is 3. The lowest BCUT2D eigenvalue weighted by molar-refractivity contribution is 0.0697. The van der Waals surface area contributed by atoms with Gasteiger partial charge in [-0.05, 0) is 32.7 Å². The molecule has 0 N–H and O–H groups in total. The summed E-state index contributed by atoms with van der Waals surface area (Å²) in [5, 5.41) is 2.99. The first-order valence-electron chi connectivity index (χ1n) is 8.09. The van der Waals surface area contributed by atoms with Crippen LogP contribution in [0.2, 0.25) is 0 Å². The van der Waals surface area contributed by atoms with Gasteiger partial charge in [-0.15, -0.1) is 0 Å². The zero-order chi connectivity index (χ0) is 17.4. The Morgan fingerprint density at radius 1 is 1.44 bits per heavy atom. The van der Waals surface area contributed by atoms with Gasteiger partial charge < -0.3 is 9.47 Å². The maximum Gasteiger partial charge on any atom is 0.255 e. The predicted octanol–water partition coefficient (Wildman–Crippen LogP) is 4.10. The highest BCUT2D eigenvalue weighted by molar-refractivity contribution is 14.2. The second-order valence-electron chi connectivity index (χ2n) is 6.13. The first-order valence-corrected chi connectivity index (χ1v) is 11.4. The van der Waals surface area contributed by atoms with E-state index in [1.54, 1.807) is 17.0 Å². The van der Waals surface area contributed by atoms with Crippen LogP contribution in [0.1, 0.15) is 46.3 Å². The van der Waals surface area contributed by atoms with Crippen molar-refractivity contribution in [3.8, 4) is 11.2 Å². The van der Waals surface area contributed by atoms with Crippen molar-refractivity contribution in [3.63, 3.8) is 0 Å². The molecule has 2 aromatic rings. The molecule has 0 fully saturated rings. The molecular formula is C18H15FIN3OS. The molecule has 4 nitrogen and oxygen atoms in total. The van der Waals surface area contributed by atoms with E-state index in [2.05, 4.69) is 41.9 Å². The van der Waals surface area contributed by atoms with Crippen LogP contribution in [-0.4, -0.2) is 20.4 Å². The number of nitrogens with zero attached hydrogens (tertiary/aromatic N) is 3. The highest BCUT2D eigenvalue weighted by Gasteiger charge is 2.36. The second kappa shape index (κ2) is 7.00. The molecule has 2 aliphatic heterocycles. The molecule has 7 heteroatoms. The number of amides is 1. The number of carbonyl (C=O) groups excluding carboxylic acids is 1. The summed E-state index contributed by atoms with van der Waals surface area (Å²) in [6, 6.07) is 4.49. The van der Waals surface area contributed by atoms with Crippen LogP contribution in [-0.2, 0) is 19.5 Å².